The van der Waals surface area contributed by atoms with Gasteiger partial charge in [0.05, 0.1) is 0 Å². The minimum atomic E-state index is -3.37. The van der Waals surface area contributed by atoms with Gasteiger partial charge in [-0.1, -0.05) is 24.9 Å². The molecule has 0 fully saturated rings. The number of hydrogen-bond acceptors (Lipinski definition) is 4. The number of hydrogen-bond donors (Lipinski definition) is 0. The molecule has 0 atom stereocenters. The Morgan fingerprint density at radius 3 is 2.57 bits per heavy atom. The van der Waals surface area contributed by atoms with E-state index in [0.717, 1.165) is 12.7 Å². The van der Waals surface area contributed by atoms with E-state index in [-0.39, 0.29) is 10.3 Å². The van der Waals surface area contributed by atoms with Crippen LogP contribution in [0.25, 0.3) is 0 Å². The van der Waals surface area contributed by atoms with Crippen LogP contribution in [0.5, 0.6) is 0 Å². The van der Waals surface area contributed by atoms with Crippen molar-refractivity contribution >= 4 is 21.4 Å². The highest BCUT2D eigenvalue weighted by molar-refractivity contribution is 7.90. The third kappa shape index (κ3) is 2.92. The van der Waals surface area contributed by atoms with Gasteiger partial charge in [0.2, 0.25) is 15.0 Å². The molecule has 6 heteroatoms. The number of nitrogens with zero attached hydrogens (tertiary/aromatic N) is 2. The summed E-state index contributed by atoms with van der Waals surface area (Å²) >= 11 is 5.68. The molecule has 0 aromatic carbocycles. The minimum absolute atomic E-state index is 0.170. The maximum Gasteiger partial charge on any atom is 0.248 e. The zero-order valence-corrected chi connectivity index (χ0v) is 9.56. The van der Waals surface area contributed by atoms with E-state index in [4.69, 9.17) is 11.6 Å². The fourth-order valence-corrected chi connectivity index (χ4v) is 1.79. The molecule has 0 radical (unpaired) electrons. The highest BCUT2D eigenvalue weighted by atomic mass is 35.5. The molecule has 14 heavy (non-hydrogen) atoms. The second kappa shape index (κ2) is 4.23. The summed E-state index contributed by atoms with van der Waals surface area (Å²) in [4.78, 5) is 7.56. The maximum absolute atomic E-state index is 11.2. The molecule has 1 heterocycles. The molecule has 0 aliphatic carbocycles. The monoisotopic (exact) mass is 234 g/mol. The van der Waals surface area contributed by atoms with Crippen molar-refractivity contribution in [2.45, 2.75) is 24.9 Å². The molecule has 0 bridgehead atoms. The molecular weight excluding hydrogens is 224 g/mol. The van der Waals surface area contributed by atoms with Crippen LogP contribution in [-0.4, -0.2) is 24.6 Å². The Kier molecular flexibility index (Phi) is 3.44. The van der Waals surface area contributed by atoms with Gasteiger partial charge in [-0.2, -0.15) is 0 Å². The topological polar surface area (TPSA) is 59.9 Å². The van der Waals surface area contributed by atoms with Crippen LogP contribution in [-0.2, 0) is 16.3 Å². The van der Waals surface area contributed by atoms with Crippen molar-refractivity contribution < 1.29 is 8.42 Å². The quantitative estimate of drug-likeness (QED) is 0.587. The van der Waals surface area contributed by atoms with Crippen molar-refractivity contribution in [2.24, 2.45) is 0 Å². The minimum Gasteiger partial charge on any atom is -0.223 e. The molecule has 1 rings (SSSR count). The van der Waals surface area contributed by atoms with Gasteiger partial charge in [0, 0.05) is 11.9 Å². The summed E-state index contributed by atoms with van der Waals surface area (Å²) in [5.41, 5.74) is 0.660. The number of aryl methyl sites for hydroxylation is 1. The van der Waals surface area contributed by atoms with Gasteiger partial charge in [-0.15, -0.1) is 0 Å². The molecule has 0 aliphatic heterocycles. The van der Waals surface area contributed by atoms with Crippen LogP contribution in [0.1, 0.15) is 19.0 Å². The summed E-state index contributed by atoms with van der Waals surface area (Å²) in [6, 6.07) is 1.58. The number of halogens is 1. The zero-order chi connectivity index (χ0) is 10.8. The first-order chi connectivity index (χ1) is 6.43. The molecule has 0 unspecified atom stereocenters. The van der Waals surface area contributed by atoms with Crippen LogP contribution in [0.3, 0.4) is 0 Å². The summed E-state index contributed by atoms with van der Waals surface area (Å²) in [6.07, 6.45) is 2.65. The van der Waals surface area contributed by atoms with Crippen molar-refractivity contribution in [3.8, 4) is 0 Å². The van der Waals surface area contributed by atoms with Gasteiger partial charge in [-0.3, -0.25) is 0 Å². The Hall–Kier alpha value is -0.680. The van der Waals surface area contributed by atoms with Crippen molar-refractivity contribution in [2.75, 3.05) is 6.26 Å². The number of aromatic nitrogens is 2. The first-order valence-corrected chi connectivity index (χ1v) is 6.44. The van der Waals surface area contributed by atoms with E-state index in [1.165, 1.54) is 0 Å². The zero-order valence-electron chi connectivity index (χ0n) is 7.99. The third-order valence-corrected chi connectivity index (χ3v) is 2.60. The Bertz CT molecular complexity index is 431. The SMILES string of the molecule is CCCc1cc(Cl)nc(S(C)(=O)=O)n1. The lowest BCUT2D eigenvalue weighted by Crippen LogP contribution is -2.06. The standard InChI is InChI=1S/C8H11ClN2O2S/c1-3-4-6-5-7(9)11-8(10-6)14(2,12)13/h5H,3-4H2,1-2H3. The maximum atomic E-state index is 11.2. The van der Waals surface area contributed by atoms with Crippen LogP contribution >= 0.6 is 11.6 Å². The average molecular weight is 235 g/mol. The highest BCUT2D eigenvalue weighted by Gasteiger charge is 2.12. The molecule has 0 amide bonds. The van der Waals surface area contributed by atoms with Gasteiger partial charge >= 0.3 is 0 Å². The predicted octanol–water partition coefficient (Wildman–Crippen LogP) is 1.49. The van der Waals surface area contributed by atoms with Crippen molar-refractivity contribution in [3.63, 3.8) is 0 Å². The number of rotatable bonds is 3. The van der Waals surface area contributed by atoms with Gasteiger partial charge in [-0.25, -0.2) is 18.4 Å². The van der Waals surface area contributed by atoms with Crippen molar-refractivity contribution in [3.05, 3.63) is 16.9 Å². The molecule has 0 aliphatic rings. The molecular formula is C8H11ClN2O2S. The Morgan fingerprint density at radius 2 is 2.07 bits per heavy atom. The molecule has 4 nitrogen and oxygen atoms in total. The Morgan fingerprint density at radius 1 is 1.43 bits per heavy atom. The second-order valence-electron chi connectivity index (χ2n) is 2.99. The molecule has 0 spiro atoms. The van der Waals surface area contributed by atoms with Crippen LogP contribution in [0.2, 0.25) is 5.15 Å². The summed E-state index contributed by atoms with van der Waals surface area (Å²) in [7, 11) is -3.37. The lowest BCUT2D eigenvalue weighted by Gasteiger charge is -2.01. The summed E-state index contributed by atoms with van der Waals surface area (Å²) in [5, 5.41) is -0.0303. The van der Waals surface area contributed by atoms with Gasteiger partial charge in [0.1, 0.15) is 5.15 Å². The van der Waals surface area contributed by atoms with Crippen LogP contribution in [0.15, 0.2) is 11.2 Å². The van der Waals surface area contributed by atoms with Gasteiger partial charge in [0.25, 0.3) is 0 Å². The molecule has 0 saturated heterocycles. The smallest absolute Gasteiger partial charge is 0.223 e. The van der Waals surface area contributed by atoms with Crippen molar-refractivity contribution in [1.82, 2.24) is 9.97 Å². The summed E-state index contributed by atoms with van der Waals surface area (Å²) < 4.78 is 22.3. The molecule has 78 valence electrons. The van der Waals surface area contributed by atoms with E-state index >= 15 is 0 Å². The summed E-state index contributed by atoms with van der Waals surface area (Å²) in [5.74, 6) is 0. The van der Waals surface area contributed by atoms with E-state index in [1.54, 1.807) is 6.07 Å². The normalized spacial score (nSPS) is 11.6. The van der Waals surface area contributed by atoms with E-state index in [2.05, 4.69) is 9.97 Å². The lowest BCUT2D eigenvalue weighted by molar-refractivity contribution is 0.591. The van der Waals surface area contributed by atoms with Crippen LogP contribution in [0, 0.1) is 0 Å². The Balaban J connectivity index is 3.21. The Labute approximate surface area is 88.3 Å². The molecule has 0 saturated carbocycles. The van der Waals surface area contributed by atoms with Gasteiger partial charge < -0.3 is 0 Å². The van der Waals surface area contributed by atoms with E-state index < -0.39 is 9.84 Å². The number of sulfone groups is 1. The predicted molar refractivity (Wildman–Crippen MR) is 54.1 cm³/mol. The third-order valence-electron chi connectivity index (χ3n) is 1.57. The first kappa shape index (κ1) is 11.4. The van der Waals surface area contributed by atoms with E-state index in [1.807, 2.05) is 6.92 Å². The largest absolute Gasteiger partial charge is 0.248 e. The van der Waals surface area contributed by atoms with Crippen LogP contribution in [0.4, 0.5) is 0 Å². The van der Waals surface area contributed by atoms with Gasteiger partial charge in [-0.05, 0) is 12.5 Å². The first-order valence-electron chi connectivity index (χ1n) is 4.17. The molecule has 1 aromatic heterocycles. The fraction of sp³-hybridized carbons (Fsp3) is 0.500. The summed E-state index contributed by atoms with van der Waals surface area (Å²) in [6.45, 7) is 1.98. The second-order valence-corrected chi connectivity index (χ2v) is 5.28. The van der Waals surface area contributed by atoms with E-state index in [0.29, 0.717) is 12.1 Å². The van der Waals surface area contributed by atoms with Crippen LogP contribution < -0.4 is 0 Å². The average Bonchev–Trinajstić information content (AvgIpc) is 2.02. The fourth-order valence-electron chi connectivity index (χ4n) is 0.991. The lowest BCUT2D eigenvalue weighted by atomic mass is 10.2. The van der Waals surface area contributed by atoms with Gasteiger partial charge in [0.15, 0.2) is 0 Å². The molecule has 1 aromatic rings. The highest BCUT2D eigenvalue weighted by Crippen LogP contribution is 2.12. The van der Waals surface area contributed by atoms with Crippen molar-refractivity contribution in [1.29, 1.82) is 0 Å². The molecule has 0 N–H and O–H groups in total. The van der Waals surface area contributed by atoms with E-state index in [9.17, 15) is 8.42 Å².